The molecule has 1 aliphatic rings. The maximum absolute atomic E-state index is 14.3. The van der Waals surface area contributed by atoms with Gasteiger partial charge < -0.3 is 57.9 Å². The van der Waals surface area contributed by atoms with Gasteiger partial charge in [0.1, 0.15) is 41.7 Å². The minimum atomic E-state index is -1.32. The van der Waals surface area contributed by atoms with Crippen molar-refractivity contribution in [2.24, 2.45) is 11.5 Å². The molecule has 1 aliphatic heterocycles. The molecule has 2 heterocycles. The molecule has 17 nitrogen and oxygen atoms in total. The van der Waals surface area contributed by atoms with Crippen LogP contribution in [0.25, 0.3) is 10.9 Å². The van der Waals surface area contributed by atoms with Crippen LogP contribution in [0, 0.1) is 0 Å². The summed E-state index contributed by atoms with van der Waals surface area (Å²) in [5, 5.41) is 41.0. The molecule has 12 N–H and O–H groups in total. The van der Waals surface area contributed by atoms with Gasteiger partial charge in [-0.25, -0.2) is 4.79 Å². The first-order chi connectivity index (χ1) is 28.7. The van der Waals surface area contributed by atoms with Crippen LogP contribution in [0.5, 0.6) is 11.5 Å². The number of carbonyl (C=O) groups is 6. The number of carboxylic acids is 1. The Morgan fingerprint density at radius 3 is 2.02 bits per heavy atom. The number of phenols is 2. The second-order valence-electron chi connectivity index (χ2n) is 15.1. The fraction of sp³-hybridized carbons (Fsp3) is 0.395. The molecule has 320 valence electrons. The first kappa shape index (κ1) is 44.6. The van der Waals surface area contributed by atoms with Crippen LogP contribution in [0.3, 0.4) is 0 Å². The predicted molar refractivity (Wildman–Crippen MR) is 222 cm³/mol. The number of aromatic amines is 1. The molecule has 5 amide bonds. The smallest absolute Gasteiger partial charge is 0.326 e. The van der Waals surface area contributed by atoms with Gasteiger partial charge in [-0.15, -0.1) is 0 Å². The molecule has 0 saturated carbocycles. The average Bonchev–Trinajstić information content (AvgIpc) is 3.89. The van der Waals surface area contributed by atoms with E-state index in [0.29, 0.717) is 36.9 Å². The number of nitrogens with two attached hydrogens (primary N) is 2. The largest absolute Gasteiger partial charge is 0.508 e. The van der Waals surface area contributed by atoms with Gasteiger partial charge >= 0.3 is 5.97 Å². The molecule has 0 spiro atoms. The van der Waals surface area contributed by atoms with Crippen molar-refractivity contribution in [3.05, 3.63) is 95.7 Å². The van der Waals surface area contributed by atoms with Crippen molar-refractivity contribution >= 4 is 46.4 Å². The highest BCUT2D eigenvalue weighted by atomic mass is 16.4. The van der Waals surface area contributed by atoms with Gasteiger partial charge in [-0.2, -0.15) is 0 Å². The lowest BCUT2D eigenvalue weighted by Crippen LogP contribution is -2.59. The number of unbranched alkanes of at least 4 members (excludes halogenated alkanes) is 1. The third kappa shape index (κ3) is 12.0. The number of carboxylic acid groups (broad SMARTS) is 1. The number of para-hydroxylation sites is 1. The van der Waals surface area contributed by atoms with Crippen LogP contribution in [0.2, 0.25) is 0 Å². The number of benzene rings is 3. The number of nitrogens with zero attached hydrogens (tertiary/aromatic N) is 1. The zero-order valence-corrected chi connectivity index (χ0v) is 33.4. The lowest BCUT2D eigenvalue weighted by Gasteiger charge is -2.30. The van der Waals surface area contributed by atoms with Crippen LogP contribution in [0.4, 0.5) is 0 Å². The number of rotatable bonds is 20. The Kier molecular flexibility index (Phi) is 15.6. The number of phenolic OH excluding ortho intramolecular Hbond substituents is 2. The Balaban J connectivity index is 1.26. The first-order valence-corrected chi connectivity index (χ1v) is 20.0. The average molecular weight is 827 g/mol. The van der Waals surface area contributed by atoms with E-state index in [9.17, 15) is 44.1 Å². The number of fused-ring (bicyclic) bond motifs is 1. The summed E-state index contributed by atoms with van der Waals surface area (Å²) in [6.07, 6.45) is 3.89. The van der Waals surface area contributed by atoms with Gasteiger partial charge in [-0.05, 0) is 99.0 Å². The SMILES string of the molecule is C[C@H](NC(=O)[C@H](CCCCN)NC(=O)[C@@H](N)Cc1c[nH]c2ccccc12)C(=O)N[C@@H](Cc1ccc(O)cc1)C(=O)N1CCC[C@H]1C(=O)N[C@@H](Cc1ccc(O)cc1)C(=O)O. The number of aliphatic carboxylic acids is 1. The number of aromatic hydroxyl groups is 2. The van der Waals surface area contributed by atoms with E-state index in [1.807, 2.05) is 24.3 Å². The second-order valence-corrected chi connectivity index (χ2v) is 15.1. The van der Waals surface area contributed by atoms with Gasteiger partial charge in [0.2, 0.25) is 29.5 Å². The summed E-state index contributed by atoms with van der Waals surface area (Å²) in [5.41, 5.74) is 14.9. The molecule has 17 heteroatoms. The molecule has 60 heavy (non-hydrogen) atoms. The van der Waals surface area contributed by atoms with Crippen molar-refractivity contribution in [2.75, 3.05) is 13.1 Å². The summed E-state index contributed by atoms with van der Waals surface area (Å²) >= 11 is 0. The van der Waals surface area contributed by atoms with E-state index < -0.39 is 71.8 Å². The molecule has 0 radical (unpaired) electrons. The van der Waals surface area contributed by atoms with E-state index in [4.69, 9.17) is 11.5 Å². The first-order valence-electron chi connectivity index (χ1n) is 20.0. The van der Waals surface area contributed by atoms with Gasteiger partial charge in [0.05, 0.1) is 6.04 Å². The van der Waals surface area contributed by atoms with E-state index >= 15 is 0 Å². The molecule has 0 bridgehead atoms. The quantitative estimate of drug-likeness (QED) is 0.0563. The third-order valence-electron chi connectivity index (χ3n) is 10.6. The summed E-state index contributed by atoms with van der Waals surface area (Å²) in [6, 6.07) is 12.7. The molecule has 1 fully saturated rings. The Hall–Kier alpha value is -6.46. The Bertz CT molecular complexity index is 2120. The molecule has 1 aromatic heterocycles. The molecule has 0 unspecified atom stereocenters. The maximum atomic E-state index is 14.3. The monoisotopic (exact) mass is 826 g/mol. The number of nitrogens with one attached hydrogen (secondary N) is 5. The lowest BCUT2D eigenvalue weighted by atomic mass is 10.0. The van der Waals surface area contributed by atoms with Gasteiger partial charge in [-0.1, -0.05) is 42.5 Å². The van der Waals surface area contributed by atoms with Gasteiger partial charge in [0.15, 0.2) is 0 Å². The molecular weight excluding hydrogens is 773 g/mol. The van der Waals surface area contributed by atoms with Crippen LogP contribution in [-0.2, 0) is 48.0 Å². The second kappa shape index (κ2) is 21.0. The normalized spacial score (nSPS) is 16.2. The lowest BCUT2D eigenvalue weighted by molar-refractivity contribution is -0.145. The van der Waals surface area contributed by atoms with Crippen molar-refractivity contribution in [3.63, 3.8) is 0 Å². The van der Waals surface area contributed by atoms with E-state index in [1.165, 1.54) is 36.1 Å². The van der Waals surface area contributed by atoms with Crippen LogP contribution < -0.4 is 32.7 Å². The summed E-state index contributed by atoms with van der Waals surface area (Å²) in [5.74, 6) is -4.47. The van der Waals surface area contributed by atoms with Gasteiger partial charge in [0.25, 0.3) is 0 Å². The summed E-state index contributed by atoms with van der Waals surface area (Å²) in [7, 11) is 0. The molecule has 4 aromatic rings. The molecule has 1 saturated heterocycles. The highest BCUT2D eigenvalue weighted by molar-refractivity contribution is 5.97. The molecule has 0 aliphatic carbocycles. The van der Waals surface area contributed by atoms with Gasteiger partial charge in [0, 0.05) is 36.5 Å². The van der Waals surface area contributed by atoms with E-state index in [2.05, 4.69) is 26.3 Å². The predicted octanol–water partition coefficient (Wildman–Crippen LogP) is 1.10. The Morgan fingerprint density at radius 2 is 1.38 bits per heavy atom. The van der Waals surface area contributed by atoms with Gasteiger partial charge in [-0.3, -0.25) is 24.0 Å². The number of likely N-dealkylation sites (tertiary alicyclic amines) is 1. The number of aromatic nitrogens is 1. The zero-order valence-electron chi connectivity index (χ0n) is 33.4. The van der Waals surface area contributed by atoms with Crippen molar-refractivity contribution in [3.8, 4) is 11.5 Å². The number of hydrogen-bond donors (Lipinski definition) is 10. The fourth-order valence-corrected chi connectivity index (χ4v) is 7.25. The van der Waals surface area contributed by atoms with Crippen molar-refractivity contribution in [1.29, 1.82) is 0 Å². The summed E-state index contributed by atoms with van der Waals surface area (Å²) < 4.78 is 0. The number of carbonyl (C=O) groups excluding carboxylic acids is 5. The highest BCUT2D eigenvalue weighted by Crippen LogP contribution is 2.22. The van der Waals surface area contributed by atoms with E-state index in [0.717, 1.165) is 16.5 Å². The number of H-pyrrole nitrogens is 1. The fourth-order valence-electron chi connectivity index (χ4n) is 7.25. The van der Waals surface area contributed by atoms with Crippen molar-refractivity contribution in [2.45, 2.75) is 94.5 Å². The van der Waals surface area contributed by atoms with E-state index in [-0.39, 0.29) is 50.1 Å². The topological polar surface area (TPSA) is 282 Å². The molecule has 6 atom stereocenters. The molecule has 5 rings (SSSR count). The minimum absolute atomic E-state index is 0.00519. The van der Waals surface area contributed by atoms with E-state index in [1.54, 1.807) is 30.5 Å². The molecule has 3 aromatic carbocycles. The van der Waals surface area contributed by atoms with Crippen LogP contribution in [0.1, 0.15) is 55.7 Å². The minimum Gasteiger partial charge on any atom is -0.508 e. The summed E-state index contributed by atoms with van der Waals surface area (Å²) in [6.45, 7) is 1.97. The van der Waals surface area contributed by atoms with Crippen LogP contribution >= 0.6 is 0 Å². The Labute approximate surface area is 347 Å². The van der Waals surface area contributed by atoms with Crippen LogP contribution in [-0.4, -0.2) is 110 Å². The Morgan fingerprint density at radius 1 is 0.767 bits per heavy atom. The standard InChI is InChI=1S/C43H54N8O9/c1-25(47-40(56)34(9-4-5-19-44)48-39(55)32(45)23-28-24-46-33-8-3-2-7-31(28)33)38(54)49-35(21-26-11-15-29(52)16-12-26)42(58)51-20-6-10-37(51)41(57)50-36(43(59)60)22-27-13-17-30(53)18-14-27/h2-3,7-8,11-18,24-25,32,34-37,46,52-53H,4-6,9-10,19-23,44-45H2,1H3,(H,47,56)(H,48,55)(H,49,54)(H,50,57)(H,59,60)/t25-,32-,34-,35-,36-,37-/m0/s1. The third-order valence-corrected chi connectivity index (χ3v) is 10.6. The number of hydrogen-bond acceptors (Lipinski definition) is 10. The highest BCUT2D eigenvalue weighted by Gasteiger charge is 2.39. The van der Waals surface area contributed by atoms with Crippen molar-refractivity contribution < 1.29 is 44.1 Å². The zero-order chi connectivity index (χ0) is 43.3. The number of amides is 5. The summed E-state index contributed by atoms with van der Waals surface area (Å²) in [4.78, 5) is 85.2. The van der Waals surface area contributed by atoms with Crippen LogP contribution in [0.15, 0.2) is 79.0 Å². The van der Waals surface area contributed by atoms with Crippen molar-refractivity contribution in [1.82, 2.24) is 31.2 Å². The maximum Gasteiger partial charge on any atom is 0.326 e. The molecular formula is C43H54N8O9.